The zero-order valence-corrected chi connectivity index (χ0v) is 13.3. The molecule has 4 unspecified atom stereocenters. The molecule has 0 aromatic heterocycles. The quantitative estimate of drug-likeness (QED) is 0.817. The molecule has 1 heterocycles. The number of likely N-dealkylation sites (N-methyl/N-ethyl adjacent to an activating group) is 1. The van der Waals surface area contributed by atoms with Crippen LogP contribution in [0.4, 0.5) is 0 Å². The Morgan fingerprint density at radius 2 is 1.95 bits per heavy atom. The minimum Gasteiger partial charge on any atom is -0.315 e. The number of likely N-dealkylation sites (tertiary alicyclic amines) is 1. The molecule has 1 N–H and O–H groups in total. The summed E-state index contributed by atoms with van der Waals surface area (Å²) in [6, 6.07) is 1.55. The summed E-state index contributed by atoms with van der Waals surface area (Å²) in [7, 11) is 2.17. The first-order valence-corrected chi connectivity index (χ1v) is 8.69. The van der Waals surface area contributed by atoms with E-state index in [-0.39, 0.29) is 0 Å². The van der Waals surface area contributed by atoms with Crippen molar-refractivity contribution in [1.82, 2.24) is 10.2 Å². The molecule has 0 bridgehead atoms. The summed E-state index contributed by atoms with van der Waals surface area (Å²) in [5, 5.41) is 3.61. The molecule has 2 rings (SSSR count). The van der Waals surface area contributed by atoms with Crippen LogP contribution >= 0.6 is 0 Å². The Bertz CT molecular complexity index is 254. The van der Waals surface area contributed by atoms with Gasteiger partial charge in [0.2, 0.25) is 0 Å². The van der Waals surface area contributed by atoms with Crippen molar-refractivity contribution < 1.29 is 0 Å². The molecular weight excluding hydrogens is 232 g/mol. The fraction of sp³-hybridized carbons (Fsp3) is 1.00. The SMILES string of the molecule is CCCC1CCC(NC)C(N2CCCC(CC)C2)C1. The first kappa shape index (κ1) is 15.3. The van der Waals surface area contributed by atoms with Gasteiger partial charge in [0.1, 0.15) is 0 Å². The third-order valence-electron chi connectivity index (χ3n) is 5.59. The molecule has 1 saturated heterocycles. The van der Waals surface area contributed by atoms with Gasteiger partial charge in [-0.15, -0.1) is 0 Å². The predicted octanol–water partition coefficient (Wildman–Crippen LogP) is 3.67. The van der Waals surface area contributed by atoms with Crippen LogP contribution in [0, 0.1) is 11.8 Å². The minimum atomic E-state index is 0.740. The largest absolute Gasteiger partial charge is 0.315 e. The number of nitrogens with one attached hydrogen (secondary N) is 1. The van der Waals surface area contributed by atoms with E-state index in [1.54, 1.807) is 0 Å². The Kier molecular flexibility index (Phi) is 6.15. The Balaban J connectivity index is 1.96. The highest BCUT2D eigenvalue weighted by Crippen LogP contribution is 2.33. The van der Waals surface area contributed by atoms with Gasteiger partial charge < -0.3 is 5.32 Å². The van der Waals surface area contributed by atoms with E-state index in [9.17, 15) is 0 Å². The van der Waals surface area contributed by atoms with E-state index in [0.717, 1.165) is 23.9 Å². The first-order chi connectivity index (χ1) is 9.28. The second-order valence-electron chi connectivity index (χ2n) is 6.84. The van der Waals surface area contributed by atoms with Gasteiger partial charge in [-0.25, -0.2) is 0 Å². The molecule has 0 aromatic rings. The van der Waals surface area contributed by atoms with Gasteiger partial charge in [-0.1, -0.05) is 33.1 Å². The fourth-order valence-electron chi connectivity index (χ4n) is 4.37. The second kappa shape index (κ2) is 7.64. The highest BCUT2D eigenvalue weighted by Gasteiger charge is 2.35. The van der Waals surface area contributed by atoms with Crippen LogP contribution in [-0.2, 0) is 0 Å². The van der Waals surface area contributed by atoms with E-state index in [0.29, 0.717) is 0 Å². The normalized spacial score (nSPS) is 37.4. The van der Waals surface area contributed by atoms with Gasteiger partial charge in [0.05, 0.1) is 0 Å². The van der Waals surface area contributed by atoms with E-state index in [1.807, 2.05) is 0 Å². The Morgan fingerprint density at radius 3 is 2.63 bits per heavy atom. The summed E-state index contributed by atoms with van der Waals surface area (Å²) in [5.74, 6) is 1.94. The van der Waals surface area contributed by atoms with Crippen LogP contribution in [0.3, 0.4) is 0 Å². The third kappa shape index (κ3) is 3.95. The van der Waals surface area contributed by atoms with E-state index < -0.39 is 0 Å². The van der Waals surface area contributed by atoms with Crippen LogP contribution in [0.5, 0.6) is 0 Å². The molecule has 2 aliphatic rings. The van der Waals surface area contributed by atoms with Crippen LogP contribution in [-0.4, -0.2) is 37.1 Å². The molecule has 4 atom stereocenters. The number of rotatable bonds is 5. The Labute approximate surface area is 120 Å². The number of piperidine rings is 1. The number of hydrogen-bond acceptors (Lipinski definition) is 2. The van der Waals surface area contributed by atoms with Crippen molar-refractivity contribution in [3.63, 3.8) is 0 Å². The van der Waals surface area contributed by atoms with Gasteiger partial charge in [0.15, 0.2) is 0 Å². The molecule has 1 aliphatic heterocycles. The lowest BCUT2D eigenvalue weighted by Gasteiger charge is -2.46. The summed E-state index contributed by atoms with van der Waals surface area (Å²) >= 11 is 0. The zero-order valence-electron chi connectivity index (χ0n) is 13.3. The third-order valence-corrected chi connectivity index (χ3v) is 5.59. The predicted molar refractivity (Wildman–Crippen MR) is 83.5 cm³/mol. The molecule has 0 aromatic carbocycles. The summed E-state index contributed by atoms with van der Waals surface area (Å²) in [5.41, 5.74) is 0. The molecule has 112 valence electrons. The maximum Gasteiger partial charge on any atom is 0.0251 e. The van der Waals surface area contributed by atoms with Gasteiger partial charge in [0, 0.05) is 18.6 Å². The van der Waals surface area contributed by atoms with Gasteiger partial charge >= 0.3 is 0 Å². The maximum atomic E-state index is 3.61. The van der Waals surface area contributed by atoms with E-state index >= 15 is 0 Å². The molecule has 1 saturated carbocycles. The van der Waals surface area contributed by atoms with E-state index in [1.165, 1.54) is 64.5 Å². The summed E-state index contributed by atoms with van der Waals surface area (Å²) < 4.78 is 0. The Morgan fingerprint density at radius 1 is 1.11 bits per heavy atom. The average molecular weight is 266 g/mol. The van der Waals surface area contributed by atoms with Crippen molar-refractivity contribution in [3.05, 3.63) is 0 Å². The van der Waals surface area contributed by atoms with Crippen molar-refractivity contribution in [3.8, 4) is 0 Å². The first-order valence-electron chi connectivity index (χ1n) is 8.69. The van der Waals surface area contributed by atoms with Crippen molar-refractivity contribution in [2.24, 2.45) is 11.8 Å². The number of nitrogens with zero attached hydrogens (tertiary/aromatic N) is 1. The topological polar surface area (TPSA) is 15.3 Å². The Hall–Kier alpha value is -0.0800. The van der Waals surface area contributed by atoms with Crippen LogP contribution in [0.25, 0.3) is 0 Å². The van der Waals surface area contributed by atoms with E-state index in [2.05, 4.69) is 31.1 Å². The van der Waals surface area contributed by atoms with Crippen molar-refractivity contribution in [1.29, 1.82) is 0 Å². The molecular formula is C17H34N2. The molecule has 1 aliphatic carbocycles. The fourth-order valence-corrected chi connectivity index (χ4v) is 4.37. The standard InChI is InChI=1S/C17H34N2/c1-4-7-15-9-10-16(18-3)17(12-15)19-11-6-8-14(5-2)13-19/h14-18H,4-13H2,1-3H3. The smallest absolute Gasteiger partial charge is 0.0251 e. The van der Waals surface area contributed by atoms with Crippen molar-refractivity contribution in [2.75, 3.05) is 20.1 Å². The zero-order chi connectivity index (χ0) is 13.7. The summed E-state index contributed by atoms with van der Waals surface area (Å²) in [4.78, 5) is 2.83. The highest BCUT2D eigenvalue weighted by atomic mass is 15.2. The van der Waals surface area contributed by atoms with E-state index in [4.69, 9.17) is 0 Å². The molecule has 0 amide bonds. The molecule has 19 heavy (non-hydrogen) atoms. The molecule has 2 nitrogen and oxygen atoms in total. The lowest BCUT2D eigenvalue weighted by Crippen LogP contribution is -2.54. The monoisotopic (exact) mass is 266 g/mol. The molecule has 0 radical (unpaired) electrons. The molecule has 0 spiro atoms. The highest BCUT2D eigenvalue weighted by molar-refractivity contribution is 4.92. The lowest BCUT2D eigenvalue weighted by molar-refractivity contribution is 0.0583. The van der Waals surface area contributed by atoms with Crippen molar-refractivity contribution in [2.45, 2.75) is 77.3 Å². The second-order valence-corrected chi connectivity index (χ2v) is 6.84. The maximum absolute atomic E-state index is 3.61. The number of hydrogen-bond donors (Lipinski definition) is 1. The van der Waals surface area contributed by atoms with Crippen LogP contribution in [0.2, 0.25) is 0 Å². The van der Waals surface area contributed by atoms with Gasteiger partial charge in [-0.3, -0.25) is 4.90 Å². The van der Waals surface area contributed by atoms with Gasteiger partial charge in [-0.05, 0) is 57.5 Å². The summed E-state index contributed by atoms with van der Waals surface area (Å²) in [6.07, 6.45) is 11.3. The van der Waals surface area contributed by atoms with Gasteiger partial charge in [0.25, 0.3) is 0 Å². The van der Waals surface area contributed by atoms with Gasteiger partial charge in [-0.2, -0.15) is 0 Å². The van der Waals surface area contributed by atoms with Crippen molar-refractivity contribution >= 4 is 0 Å². The van der Waals surface area contributed by atoms with Crippen LogP contribution in [0.15, 0.2) is 0 Å². The minimum absolute atomic E-state index is 0.740. The van der Waals surface area contributed by atoms with Crippen LogP contribution in [0.1, 0.15) is 65.2 Å². The average Bonchev–Trinajstić information content (AvgIpc) is 2.47. The van der Waals surface area contributed by atoms with Crippen LogP contribution < -0.4 is 5.32 Å². The summed E-state index contributed by atoms with van der Waals surface area (Å²) in [6.45, 7) is 7.41. The lowest BCUT2D eigenvalue weighted by atomic mass is 9.78. The molecule has 2 fully saturated rings. The molecule has 2 heteroatoms.